The molecule has 1 heterocycles. The number of hydrogen-bond acceptors (Lipinski definition) is 2. The molecule has 1 unspecified atom stereocenters. The molecular weight excluding hydrogens is 185 g/mol. The van der Waals surface area contributed by atoms with E-state index in [-0.39, 0.29) is 12.3 Å². The number of carbonyl (C=O) groups is 1. The third kappa shape index (κ3) is 1.43. The van der Waals surface area contributed by atoms with Crippen molar-refractivity contribution in [3.8, 4) is 5.75 Å². The zero-order chi connectivity index (χ0) is 10.1. The first-order chi connectivity index (χ1) is 6.70. The Morgan fingerprint density at radius 1 is 1.57 bits per heavy atom. The highest BCUT2D eigenvalue weighted by atomic mass is 19.1. The van der Waals surface area contributed by atoms with Crippen molar-refractivity contribution in [3.63, 3.8) is 0 Å². The fourth-order valence-corrected chi connectivity index (χ4v) is 1.52. The lowest BCUT2D eigenvalue weighted by Crippen LogP contribution is -2.20. The van der Waals surface area contributed by atoms with Gasteiger partial charge in [-0.3, -0.25) is 4.79 Å². The van der Waals surface area contributed by atoms with Gasteiger partial charge in [0.2, 0.25) is 5.91 Å². The minimum atomic E-state index is -1.20. The number of rotatable bonds is 1. The molecule has 0 saturated carbocycles. The number of nitrogens with one attached hydrogen (secondary N) is 1. The van der Waals surface area contributed by atoms with Crippen LogP contribution >= 0.6 is 0 Å². The van der Waals surface area contributed by atoms with Gasteiger partial charge in [0.25, 0.3) is 0 Å². The van der Waals surface area contributed by atoms with Gasteiger partial charge < -0.3 is 10.1 Å². The van der Waals surface area contributed by atoms with Crippen LogP contribution in [0, 0.1) is 0 Å². The first-order valence-electron chi connectivity index (χ1n) is 4.32. The van der Waals surface area contributed by atoms with Crippen LogP contribution in [0.25, 0.3) is 0 Å². The molecule has 1 amide bonds. The second-order valence-corrected chi connectivity index (χ2v) is 3.17. The summed E-state index contributed by atoms with van der Waals surface area (Å²) in [5, 5.41) is 2.61. The van der Waals surface area contributed by atoms with Crippen LogP contribution in [-0.2, 0) is 4.79 Å². The fourth-order valence-electron chi connectivity index (χ4n) is 1.52. The van der Waals surface area contributed by atoms with Gasteiger partial charge in [-0.05, 0) is 6.07 Å². The number of methoxy groups -OCH3 is 1. The largest absolute Gasteiger partial charge is 0.497 e. The van der Waals surface area contributed by atoms with Crippen LogP contribution in [0.3, 0.4) is 0 Å². The maximum absolute atomic E-state index is 13.4. The highest BCUT2D eigenvalue weighted by Crippen LogP contribution is 2.35. The zero-order valence-electron chi connectivity index (χ0n) is 7.71. The minimum Gasteiger partial charge on any atom is -0.497 e. The number of amides is 1. The molecule has 0 aliphatic carbocycles. The summed E-state index contributed by atoms with van der Waals surface area (Å²) in [5.74, 6) is 0.316. The zero-order valence-corrected chi connectivity index (χ0v) is 7.71. The Morgan fingerprint density at radius 3 is 3.07 bits per heavy atom. The third-order valence-electron chi connectivity index (χ3n) is 2.24. The Morgan fingerprint density at radius 2 is 2.36 bits per heavy atom. The SMILES string of the molecule is COc1ccc2c(c1)NC(=O)CC2F. The van der Waals surface area contributed by atoms with Gasteiger partial charge in [-0.25, -0.2) is 4.39 Å². The summed E-state index contributed by atoms with van der Waals surface area (Å²) in [6.45, 7) is 0. The fraction of sp³-hybridized carbons (Fsp3) is 0.300. The molecule has 1 aliphatic rings. The van der Waals surface area contributed by atoms with Crippen LogP contribution in [0.15, 0.2) is 18.2 Å². The normalized spacial score (nSPS) is 19.9. The van der Waals surface area contributed by atoms with Crippen LogP contribution in [0.1, 0.15) is 18.2 Å². The van der Waals surface area contributed by atoms with Crippen molar-refractivity contribution in [2.24, 2.45) is 0 Å². The molecule has 74 valence electrons. The highest BCUT2D eigenvalue weighted by Gasteiger charge is 2.24. The van der Waals surface area contributed by atoms with Gasteiger partial charge in [-0.15, -0.1) is 0 Å². The van der Waals surface area contributed by atoms with E-state index in [1.807, 2.05) is 0 Å². The minimum absolute atomic E-state index is 0.0979. The smallest absolute Gasteiger partial charge is 0.227 e. The molecule has 0 saturated heterocycles. The number of hydrogen-bond donors (Lipinski definition) is 1. The summed E-state index contributed by atoms with van der Waals surface area (Å²) in [4.78, 5) is 11.0. The molecule has 4 heteroatoms. The molecule has 3 nitrogen and oxygen atoms in total. The highest BCUT2D eigenvalue weighted by molar-refractivity contribution is 5.94. The molecule has 0 aromatic heterocycles. The molecule has 14 heavy (non-hydrogen) atoms. The number of benzene rings is 1. The van der Waals surface area contributed by atoms with Gasteiger partial charge in [0.15, 0.2) is 0 Å². The third-order valence-corrected chi connectivity index (χ3v) is 2.24. The quantitative estimate of drug-likeness (QED) is 0.744. The molecule has 0 radical (unpaired) electrons. The summed E-state index contributed by atoms with van der Waals surface area (Å²) in [7, 11) is 1.53. The Kier molecular flexibility index (Phi) is 2.11. The Hall–Kier alpha value is -1.58. The van der Waals surface area contributed by atoms with Gasteiger partial charge in [0.1, 0.15) is 11.9 Å². The number of fused-ring (bicyclic) bond motifs is 1. The molecule has 1 N–H and O–H groups in total. The van der Waals surface area contributed by atoms with Crippen molar-refractivity contribution < 1.29 is 13.9 Å². The molecular formula is C10H10FNO2. The van der Waals surface area contributed by atoms with E-state index in [1.54, 1.807) is 18.2 Å². The lowest BCUT2D eigenvalue weighted by atomic mass is 10.0. The Bertz CT molecular complexity index is 378. The van der Waals surface area contributed by atoms with Crippen LogP contribution in [0.5, 0.6) is 5.75 Å². The number of carbonyl (C=O) groups excluding carboxylic acids is 1. The number of anilines is 1. The molecule has 1 aromatic carbocycles. The van der Waals surface area contributed by atoms with Crippen LogP contribution in [0.4, 0.5) is 10.1 Å². The maximum Gasteiger partial charge on any atom is 0.227 e. The number of alkyl halides is 1. The van der Waals surface area contributed by atoms with Crippen LogP contribution in [-0.4, -0.2) is 13.0 Å². The van der Waals surface area contributed by atoms with E-state index in [2.05, 4.69) is 5.32 Å². The van der Waals surface area contributed by atoms with Crippen LogP contribution < -0.4 is 10.1 Å². The van der Waals surface area contributed by atoms with Crippen molar-refractivity contribution >= 4 is 11.6 Å². The average Bonchev–Trinajstić information content (AvgIpc) is 2.16. The van der Waals surface area contributed by atoms with E-state index >= 15 is 0 Å². The predicted molar refractivity (Wildman–Crippen MR) is 50.1 cm³/mol. The molecule has 1 atom stereocenters. The summed E-state index contributed by atoms with van der Waals surface area (Å²) in [5.41, 5.74) is 1.03. The van der Waals surface area contributed by atoms with Crippen molar-refractivity contribution in [2.75, 3.05) is 12.4 Å². The predicted octanol–water partition coefficient (Wildman–Crippen LogP) is 2.05. The van der Waals surface area contributed by atoms with E-state index in [9.17, 15) is 9.18 Å². The van der Waals surface area contributed by atoms with E-state index in [4.69, 9.17) is 4.74 Å². The average molecular weight is 195 g/mol. The van der Waals surface area contributed by atoms with Gasteiger partial charge in [-0.1, -0.05) is 6.07 Å². The van der Waals surface area contributed by atoms with Crippen molar-refractivity contribution in [1.82, 2.24) is 0 Å². The molecule has 0 fully saturated rings. The second kappa shape index (κ2) is 3.29. The molecule has 2 rings (SSSR count). The summed E-state index contributed by atoms with van der Waals surface area (Å²) < 4.78 is 18.3. The van der Waals surface area contributed by atoms with Gasteiger partial charge >= 0.3 is 0 Å². The standard InChI is InChI=1S/C10H10FNO2/c1-14-6-2-3-7-8(11)5-10(13)12-9(7)4-6/h2-4,8H,5H2,1H3,(H,12,13). The van der Waals surface area contributed by atoms with Gasteiger partial charge in [0.05, 0.1) is 19.2 Å². The van der Waals surface area contributed by atoms with Crippen LogP contribution in [0.2, 0.25) is 0 Å². The van der Waals surface area contributed by atoms with Gasteiger partial charge in [0, 0.05) is 11.6 Å². The topological polar surface area (TPSA) is 38.3 Å². The monoisotopic (exact) mass is 195 g/mol. The summed E-state index contributed by atoms with van der Waals surface area (Å²) in [6, 6.07) is 4.94. The number of halogens is 1. The Labute approximate surface area is 80.9 Å². The van der Waals surface area contributed by atoms with Crippen molar-refractivity contribution in [1.29, 1.82) is 0 Å². The maximum atomic E-state index is 13.4. The van der Waals surface area contributed by atoms with Crippen molar-refractivity contribution in [3.05, 3.63) is 23.8 Å². The molecule has 0 spiro atoms. The van der Waals surface area contributed by atoms with Crippen molar-refractivity contribution in [2.45, 2.75) is 12.6 Å². The first kappa shape index (κ1) is 8.99. The van der Waals surface area contributed by atoms with E-state index in [0.29, 0.717) is 17.0 Å². The van der Waals surface area contributed by atoms with Gasteiger partial charge in [-0.2, -0.15) is 0 Å². The Balaban J connectivity index is 2.43. The second-order valence-electron chi connectivity index (χ2n) is 3.17. The molecule has 1 aliphatic heterocycles. The lowest BCUT2D eigenvalue weighted by molar-refractivity contribution is -0.117. The molecule has 0 bridgehead atoms. The first-order valence-corrected chi connectivity index (χ1v) is 4.32. The summed E-state index contributed by atoms with van der Waals surface area (Å²) in [6.07, 6.45) is -1.30. The summed E-state index contributed by atoms with van der Waals surface area (Å²) >= 11 is 0. The van der Waals surface area contributed by atoms with E-state index in [1.165, 1.54) is 7.11 Å². The van der Waals surface area contributed by atoms with E-state index < -0.39 is 6.17 Å². The number of ether oxygens (including phenoxy) is 1. The lowest BCUT2D eigenvalue weighted by Gasteiger charge is -2.20. The molecule has 1 aromatic rings. The van der Waals surface area contributed by atoms with E-state index in [0.717, 1.165) is 0 Å².